The second kappa shape index (κ2) is 4.06. The normalized spacial score (nSPS) is 12.5. The second-order valence-corrected chi connectivity index (χ2v) is 2.86. The molecule has 0 radical (unpaired) electrons. The van der Waals surface area contributed by atoms with Crippen molar-refractivity contribution < 1.29 is 0 Å². The van der Waals surface area contributed by atoms with Gasteiger partial charge in [-0.1, -0.05) is 0 Å². The van der Waals surface area contributed by atoms with Crippen LogP contribution in [0.1, 0.15) is 31.0 Å². The summed E-state index contributed by atoms with van der Waals surface area (Å²) in [4.78, 5) is 0. The first-order valence-corrected chi connectivity index (χ1v) is 4.29. The van der Waals surface area contributed by atoms with Crippen molar-refractivity contribution in [3.05, 3.63) is 11.6 Å². The van der Waals surface area contributed by atoms with Gasteiger partial charge in [0.1, 0.15) is 5.82 Å². The van der Waals surface area contributed by atoms with Gasteiger partial charge < -0.3 is 10.3 Å². The molecule has 70 valence electrons. The Morgan fingerprint density at radius 3 is 2.85 bits per heavy atom. The molecule has 13 heavy (non-hydrogen) atoms. The molecule has 0 aromatic carbocycles. The molecule has 4 heteroatoms. The lowest BCUT2D eigenvalue weighted by molar-refractivity contribution is 0.604. The molecular formula is C9H14N4. The van der Waals surface area contributed by atoms with Crippen LogP contribution < -0.4 is 5.73 Å². The van der Waals surface area contributed by atoms with Gasteiger partial charge in [-0.2, -0.15) is 0 Å². The fourth-order valence-electron chi connectivity index (χ4n) is 1.28. The van der Waals surface area contributed by atoms with E-state index in [1.54, 1.807) is 0 Å². The van der Waals surface area contributed by atoms with E-state index < -0.39 is 0 Å². The van der Waals surface area contributed by atoms with Crippen molar-refractivity contribution in [2.75, 3.05) is 0 Å². The van der Waals surface area contributed by atoms with E-state index in [0.717, 1.165) is 18.2 Å². The van der Waals surface area contributed by atoms with E-state index in [9.17, 15) is 0 Å². The number of hydrogen-bond acceptors (Lipinski definition) is 3. The molecule has 1 unspecified atom stereocenters. The van der Waals surface area contributed by atoms with Crippen molar-refractivity contribution in [1.29, 1.82) is 0 Å². The van der Waals surface area contributed by atoms with Crippen molar-refractivity contribution >= 4 is 0 Å². The first-order valence-electron chi connectivity index (χ1n) is 4.29. The van der Waals surface area contributed by atoms with Crippen molar-refractivity contribution in [3.8, 4) is 12.3 Å². The SMILES string of the molecule is C#CCC(N)c1nnc(C)n1CC. The number of aromatic nitrogens is 3. The summed E-state index contributed by atoms with van der Waals surface area (Å²) >= 11 is 0. The van der Waals surface area contributed by atoms with E-state index in [1.165, 1.54) is 0 Å². The van der Waals surface area contributed by atoms with Crippen molar-refractivity contribution in [1.82, 2.24) is 14.8 Å². The number of nitrogens with two attached hydrogens (primary N) is 1. The number of terminal acetylenes is 1. The van der Waals surface area contributed by atoms with Gasteiger partial charge in [0.2, 0.25) is 0 Å². The Bertz CT molecular complexity index is 321. The van der Waals surface area contributed by atoms with E-state index in [2.05, 4.69) is 16.1 Å². The van der Waals surface area contributed by atoms with Crippen LogP contribution in [0.15, 0.2) is 0 Å². The highest BCUT2D eigenvalue weighted by molar-refractivity contribution is 5.03. The van der Waals surface area contributed by atoms with Crippen molar-refractivity contribution in [2.45, 2.75) is 32.9 Å². The van der Waals surface area contributed by atoms with Gasteiger partial charge in [0.05, 0.1) is 6.04 Å². The molecule has 4 nitrogen and oxygen atoms in total. The quantitative estimate of drug-likeness (QED) is 0.691. The van der Waals surface area contributed by atoms with Crippen LogP contribution in [-0.4, -0.2) is 14.8 Å². The Labute approximate surface area is 78.2 Å². The van der Waals surface area contributed by atoms with Gasteiger partial charge in [-0.15, -0.1) is 22.5 Å². The Kier molecular flexibility index (Phi) is 3.04. The second-order valence-electron chi connectivity index (χ2n) is 2.86. The molecule has 1 rings (SSSR count). The Hall–Kier alpha value is -1.34. The molecular weight excluding hydrogens is 164 g/mol. The molecule has 0 aliphatic rings. The maximum Gasteiger partial charge on any atom is 0.150 e. The summed E-state index contributed by atoms with van der Waals surface area (Å²) in [5.41, 5.74) is 5.83. The molecule has 0 amide bonds. The van der Waals surface area contributed by atoms with E-state index in [-0.39, 0.29) is 6.04 Å². The minimum atomic E-state index is -0.203. The van der Waals surface area contributed by atoms with Gasteiger partial charge >= 0.3 is 0 Å². The topological polar surface area (TPSA) is 56.7 Å². The molecule has 0 fully saturated rings. The zero-order chi connectivity index (χ0) is 9.84. The Morgan fingerprint density at radius 1 is 1.62 bits per heavy atom. The first-order chi connectivity index (χ1) is 6.20. The van der Waals surface area contributed by atoms with Crippen LogP contribution >= 0.6 is 0 Å². The third-order valence-corrected chi connectivity index (χ3v) is 1.95. The molecule has 0 spiro atoms. The summed E-state index contributed by atoms with van der Waals surface area (Å²) in [5, 5.41) is 7.95. The van der Waals surface area contributed by atoms with E-state index in [1.807, 2.05) is 18.4 Å². The summed E-state index contributed by atoms with van der Waals surface area (Å²) in [5.74, 6) is 4.18. The Balaban J connectivity index is 2.94. The highest BCUT2D eigenvalue weighted by Crippen LogP contribution is 2.11. The smallest absolute Gasteiger partial charge is 0.150 e. The maximum atomic E-state index is 5.83. The number of nitrogens with zero attached hydrogens (tertiary/aromatic N) is 3. The first kappa shape index (κ1) is 9.75. The van der Waals surface area contributed by atoms with E-state index in [4.69, 9.17) is 12.2 Å². The summed E-state index contributed by atoms with van der Waals surface area (Å²) in [6.45, 7) is 4.76. The highest BCUT2D eigenvalue weighted by Gasteiger charge is 2.13. The minimum absolute atomic E-state index is 0.203. The van der Waals surface area contributed by atoms with Crippen LogP contribution in [0.4, 0.5) is 0 Å². The number of hydrogen-bond donors (Lipinski definition) is 1. The summed E-state index contributed by atoms with van der Waals surface area (Å²) in [6, 6.07) is -0.203. The molecule has 1 heterocycles. The van der Waals surface area contributed by atoms with Crippen LogP contribution in [0.3, 0.4) is 0 Å². The van der Waals surface area contributed by atoms with Crippen molar-refractivity contribution in [3.63, 3.8) is 0 Å². The van der Waals surface area contributed by atoms with Gasteiger partial charge in [0.25, 0.3) is 0 Å². The van der Waals surface area contributed by atoms with Crippen LogP contribution in [-0.2, 0) is 6.54 Å². The maximum absolute atomic E-state index is 5.83. The van der Waals surface area contributed by atoms with Gasteiger partial charge in [-0.05, 0) is 13.8 Å². The number of aryl methyl sites for hydroxylation is 1. The minimum Gasteiger partial charge on any atom is -0.321 e. The molecule has 0 aliphatic heterocycles. The zero-order valence-corrected chi connectivity index (χ0v) is 7.99. The highest BCUT2D eigenvalue weighted by atomic mass is 15.3. The van der Waals surface area contributed by atoms with Gasteiger partial charge in [-0.25, -0.2) is 0 Å². The lowest BCUT2D eigenvalue weighted by atomic mass is 10.2. The van der Waals surface area contributed by atoms with Crippen LogP contribution in [0.2, 0.25) is 0 Å². The van der Waals surface area contributed by atoms with Gasteiger partial charge in [-0.3, -0.25) is 0 Å². The predicted molar refractivity (Wildman–Crippen MR) is 50.8 cm³/mol. The predicted octanol–water partition coefficient (Wildman–Crippen LogP) is 0.630. The fraction of sp³-hybridized carbons (Fsp3) is 0.556. The average Bonchev–Trinajstić information content (AvgIpc) is 2.47. The van der Waals surface area contributed by atoms with E-state index in [0.29, 0.717) is 6.42 Å². The molecule has 0 aliphatic carbocycles. The lowest BCUT2D eigenvalue weighted by Gasteiger charge is -2.09. The summed E-state index contributed by atoms with van der Waals surface area (Å²) in [6.07, 6.45) is 5.68. The molecule has 1 aromatic rings. The van der Waals surface area contributed by atoms with E-state index >= 15 is 0 Å². The molecule has 0 saturated heterocycles. The molecule has 0 saturated carbocycles. The fourth-order valence-corrected chi connectivity index (χ4v) is 1.28. The van der Waals surface area contributed by atoms with Crippen LogP contribution in [0, 0.1) is 19.3 Å². The monoisotopic (exact) mass is 178 g/mol. The standard InChI is InChI=1S/C9H14N4/c1-4-6-8(10)9-12-11-7(3)13(9)5-2/h1,8H,5-6,10H2,2-3H3. The summed E-state index contributed by atoms with van der Waals surface area (Å²) < 4.78 is 1.97. The average molecular weight is 178 g/mol. The Morgan fingerprint density at radius 2 is 2.31 bits per heavy atom. The molecule has 2 N–H and O–H groups in total. The molecule has 0 bridgehead atoms. The van der Waals surface area contributed by atoms with Gasteiger partial charge in [0.15, 0.2) is 5.82 Å². The van der Waals surface area contributed by atoms with Crippen LogP contribution in [0.5, 0.6) is 0 Å². The van der Waals surface area contributed by atoms with Gasteiger partial charge in [0, 0.05) is 13.0 Å². The third kappa shape index (κ3) is 1.87. The molecule has 1 aromatic heterocycles. The largest absolute Gasteiger partial charge is 0.321 e. The van der Waals surface area contributed by atoms with Crippen molar-refractivity contribution in [2.24, 2.45) is 5.73 Å². The zero-order valence-electron chi connectivity index (χ0n) is 7.99. The third-order valence-electron chi connectivity index (χ3n) is 1.95. The lowest BCUT2D eigenvalue weighted by Crippen LogP contribution is -2.16. The van der Waals surface area contributed by atoms with Crippen LogP contribution in [0.25, 0.3) is 0 Å². The number of rotatable bonds is 3. The molecule has 1 atom stereocenters. The summed E-state index contributed by atoms with van der Waals surface area (Å²) in [7, 11) is 0.